The lowest BCUT2D eigenvalue weighted by atomic mass is 10.1. The number of nitrogens with one attached hydrogen (secondary N) is 2. The van der Waals surface area contributed by atoms with Crippen LogP contribution in [0.1, 0.15) is 12.0 Å². The second-order valence-corrected chi connectivity index (χ2v) is 5.36. The number of thioether (sulfide) groups is 1. The summed E-state index contributed by atoms with van der Waals surface area (Å²) < 4.78 is 0.879. The molecule has 0 bridgehead atoms. The van der Waals surface area contributed by atoms with Crippen molar-refractivity contribution in [3.63, 3.8) is 0 Å². The van der Waals surface area contributed by atoms with Gasteiger partial charge in [0.1, 0.15) is 4.32 Å². The van der Waals surface area contributed by atoms with Crippen molar-refractivity contribution in [1.82, 2.24) is 10.3 Å². The van der Waals surface area contributed by atoms with Gasteiger partial charge in [0.05, 0.1) is 0 Å². The SMILES string of the molecule is CSC(=S)NCCCc1c[nH]c2ccccc12. The molecule has 0 atom stereocenters. The number of para-hydroxylation sites is 1. The van der Waals surface area contributed by atoms with E-state index in [1.165, 1.54) is 16.5 Å². The Bertz CT molecular complexity index is 505. The number of thiocarbonyl (C=S) groups is 1. The number of rotatable bonds is 4. The van der Waals surface area contributed by atoms with E-state index < -0.39 is 0 Å². The standard InChI is InChI=1S/C13H16N2S2/c1-17-13(16)14-8-4-5-10-9-15-12-7-3-2-6-11(10)12/h2-3,6-7,9,15H,4-5,8H2,1H3,(H,14,16). The van der Waals surface area contributed by atoms with E-state index in [-0.39, 0.29) is 0 Å². The van der Waals surface area contributed by atoms with E-state index in [0.29, 0.717) is 0 Å². The zero-order chi connectivity index (χ0) is 12.1. The van der Waals surface area contributed by atoms with Gasteiger partial charge in [-0.25, -0.2) is 0 Å². The third-order valence-corrected chi connectivity index (χ3v) is 3.91. The molecule has 2 N–H and O–H groups in total. The molecule has 90 valence electrons. The van der Waals surface area contributed by atoms with Gasteiger partial charge in [0.25, 0.3) is 0 Å². The number of aromatic amines is 1. The highest BCUT2D eigenvalue weighted by atomic mass is 32.2. The summed E-state index contributed by atoms with van der Waals surface area (Å²) in [6.45, 7) is 0.944. The molecule has 0 unspecified atom stereocenters. The van der Waals surface area contributed by atoms with Crippen molar-refractivity contribution in [2.75, 3.05) is 12.8 Å². The largest absolute Gasteiger partial charge is 0.371 e. The Morgan fingerprint density at radius 3 is 3.06 bits per heavy atom. The van der Waals surface area contributed by atoms with Crippen molar-refractivity contribution in [1.29, 1.82) is 0 Å². The van der Waals surface area contributed by atoms with Crippen LogP contribution in [0, 0.1) is 0 Å². The third-order valence-electron chi connectivity index (χ3n) is 2.75. The average molecular weight is 264 g/mol. The highest BCUT2D eigenvalue weighted by Gasteiger charge is 2.02. The Kier molecular flexibility index (Phi) is 4.45. The molecule has 0 aliphatic heterocycles. The highest BCUT2D eigenvalue weighted by molar-refractivity contribution is 8.22. The molecule has 2 rings (SSSR count). The van der Waals surface area contributed by atoms with Gasteiger partial charge in [0.15, 0.2) is 0 Å². The Labute approximate surface area is 111 Å². The number of aromatic nitrogens is 1. The summed E-state index contributed by atoms with van der Waals surface area (Å²) in [5, 5.41) is 4.56. The molecule has 1 heterocycles. The van der Waals surface area contributed by atoms with Gasteiger partial charge in [-0.3, -0.25) is 0 Å². The summed E-state index contributed by atoms with van der Waals surface area (Å²) in [6.07, 6.45) is 6.28. The molecule has 0 radical (unpaired) electrons. The number of fused-ring (bicyclic) bond motifs is 1. The molecule has 0 aliphatic rings. The summed E-state index contributed by atoms with van der Waals surface area (Å²) in [4.78, 5) is 3.30. The monoisotopic (exact) mass is 264 g/mol. The van der Waals surface area contributed by atoms with Crippen molar-refractivity contribution in [2.45, 2.75) is 12.8 Å². The van der Waals surface area contributed by atoms with Crippen LogP contribution in [0.4, 0.5) is 0 Å². The topological polar surface area (TPSA) is 27.8 Å². The van der Waals surface area contributed by atoms with Crippen molar-refractivity contribution >= 4 is 39.2 Å². The maximum Gasteiger partial charge on any atom is 0.133 e. The van der Waals surface area contributed by atoms with Crippen LogP contribution in [0.2, 0.25) is 0 Å². The molecule has 2 nitrogen and oxygen atoms in total. The van der Waals surface area contributed by atoms with E-state index in [2.05, 4.69) is 40.8 Å². The zero-order valence-electron chi connectivity index (χ0n) is 9.82. The normalized spacial score (nSPS) is 10.6. The second-order valence-electron chi connectivity index (χ2n) is 3.88. The minimum atomic E-state index is 0.879. The van der Waals surface area contributed by atoms with Crippen LogP contribution in [0.3, 0.4) is 0 Å². The first kappa shape index (κ1) is 12.5. The van der Waals surface area contributed by atoms with Crippen molar-refractivity contribution < 1.29 is 0 Å². The van der Waals surface area contributed by atoms with Gasteiger partial charge >= 0.3 is 0 Å². The summed E-state index contributed by atoms with van der Waals surface area (Å²) in [7, 11) is 0. The smallest absolute Gasteiger partial charge is 0.133 e. The van der Waals surface area contributed by atoms with Crippen LogP contribution in [0.25, 0.3) is 10.9 Å². The van der Waals surface area contributed by atoms with Gasteiger partial charge in [-0.15, -0.1) is 11.8 Å². The number of benzene rings is 1. The molecule has 4 heteroatoms. The second kappa shape index (κ2) is 6.07. The van der Waals surface area contributed by atoms with Crippen molar-refractivity contribution in [2.24, 2.45) is 0 Å². The van der Waals surface area contributed by atoms with Gasteiger partial charge in [-0.05, 0) is 30.7 Å². The minimum Gasteiger partial charge on any atom is -0.371 e. The van der Waals surface area contributed by atoms with Gasteiger partial charge in [0, 0.05) is 23.6 Å². The third kappa shape index (κ3) is 3.23. The molecule has 0 amide bonds. The summed E-state index contributed by atoms with van der Waals surface area (Å²) in [5.41, 5.74) is 2.60. The van der Waals surface area contributed by atoms with Crippen molar-refractivity contribution in [3.05, 3.63) is 36.0 Å². The summed E-state index contributed by atoms with van der Waals surface area (Å²) in [5.74, 6) is 0. The average Bonchev–Trinajstić information content (AvgIpc) is 2.78. The highest BCUT2D eigenvalue weighted by Crippen LogP contribution is 2.18. The lowest BCUT2D eigenvalue weighted by Crippen LogP contribution is -2.19. The van der Waals surface area contributed by atoms with Crippen molar-refractivity contribution in [3.8, 4) is 0 Å². The Balaban J connectivity index is 1.89. The Morgan fingerprint density at radius 1 is 1.41 bits per heavy atom. The first-order valence-electron chi connectivity index (χ1n) is 5.68. The molecule has 0 spiro atoms. The Morgan fingerprint density at radius 2 is 2.24 bits per heavy atom. The molecule has 1 aromatic heterocycles. The van der Waals surface area contributed by atoms with Crippen LogP contribution < -0.4 is 5.32 Å². The molecular weight excluding hydrogens is 248 g/mol. The zero-order valence-corrected chi connectivity index (χ0v) is 11.5. The first-order valence-corrected chi connectivity index (χ1v) is 7.31. The van der Waals surface area contributed by atoms with Crippen LogP contribution >= 0.6 is 24.0 Å². The molecule has 1 aromatic carbocycles. The number of hydrogen-bond acceptors (Lipinski definition) is 2. The quantitative estimate of drug-likeness (QED) is 0.655. The maximum atomic E-state index is 5.09. The van der Waals surface area contributed by atoms with E-state index in [4.69, 9.17) is 12.2 Å². The molecule has 0 fully saturated rings. The van der Waals surface area contributed by atoms with Crippen LogP contribution in [0.5, 0.6) is 0 Å². The van der Waals surface area contributed by atoms with Gasteiger partial charge in [-0.1, -0.05) is 30.4 Å². The number of aryl methyl sites for hydroxylation is 1. The predicted molar refractivity (Wildman–Crippen MR) is 80.7 cm³/mol. The van der Waals surface area contributed by atoms with E-state index >= 15 is 0 Å². The number of H-pyrrole nitrogens is 1. The molecular formula is C13H16N2S2. The molecule has 0 saturated heterocycles. The van der Waals surface area contributed by atoms with Gasteiger partial charge in [-0.2, -0.15) is 0 Å². The lowest BCUT2D eigenvalue weighted by Gasteiger charge is -2.04. The van der Waals surface area contributed by atoms with E-state index in [9.17, 15) is 0 Å². The number of hydrogen-bond donors (Lipinski definition) is 2. The molecule has 0 saturated carbocycles. The van der Waals surface area contributed by atoms with Gasteiger partial charge in [0.2, 0.25) is 0 Å². The minimum absolute atomic E-state index is 0.879. The predicted octanol–water partition coefficient (Wildman–Crippen LogP) is 3.34. The van der Waals surface area contributed by atoms with E-state index in [1.54, 1.807) is 11.8 Å². The van der Waals surface area contributed by atoms with E-state index in [1.807, 2.05) is 6.26 Å². The lowest BCUT2D eigenvalue weighted by molar-refractivity contribution is 0.785. The fraction of sp³-hybridized carbons (Fsp3) is 0.308. The van der Waals surface area contributed by atoms with E-state index in [0.717, 1.165) is 23.7 Å². The van der Waals surface area contributed by atoms with Crippen LogP contribution in [-0.2, 0) is 6.42 Å². The summed E-state index contributed by atoms with van der Waals surface area (Å²) in [6, 6.07) is 8.42. The summed E-state index contributed by atoms with van der Waals surface area (Å²) >= 11 is 6.68. The fourth-order valence-electron chi connectivity index (χ4n) is 1.88. The molecule has 17 heavy (non-hydrogen) atoms. The maximum absolute atomic E-state index is 5.09. The van der Waals surface area contributed by atoms with Crippen LogP contribution in [0.15, 0.2) is 30.5 Å². The molecule has 0 aliphatic carbocycles. The Hall–Kier alpha value is -1.00. The first-order chi connectivity index (χ1) is 8.31. The molecule has 2 aromatic rings. The van der Waals surface area contributed by atoms with Gasteiger partial charge < -0.3 is 10.3 Å². The van der Waals surface area contributed by atoms with Crippen LogP contribution in [-0.4, -0.2) is 22.1 Å². The fourth-order valence-corrected chi connectivity index (χ4v) is 2.23.